The minimum Gasteiger partial charge on any atom is -0.424 e. The van der Waals surface area contributed by atoms with E-state index in [-0.39, 0.29) is 24.5 Å². The van der Waals surface area contributed by atoms with Gasteiger partial charge in [0, 0.05) is 29.4 Å². The van der Waals surface area contributed by atoms with Crippen molar-refractivity contribution in [2.24, 2.45) is 0 Å². The maximum Gasteiger partial charge on any atom is 0.322 e. The molecule has 4 aromatic rings. The lowest BCUT2D eigenvalue weighted by molar-refractivity contribution is 0.263. The highest BCUT2D eigenvalue weighted by Gasteiger charge is 2.20. The first-order chi connectivity index (χ1) is 15.0. The SMILES string of the molecule is CC(CCO)n1cnc(-c2ccc(F)cc2)c1-c1ccnc(Oc2ccc(Cl)cc2)n1. The lowest BCUT2D eigenvalue weighted by Crippen LogP contribution is -2.08. The molecule has 0 aliphatic carbocycles. The molecule has 0 aliphatic heterocycles. The van der Waals surface area contributed by atoms with Gasteiger partial charge in [0.15, 0.2) is 0 Å². The van der Waals surface area contributed by atoms with Crippen LogP contribution in [0, 0.1) is 5.82 Å². The number of ether oxygens (including phenoxy) is 1. The van der Waals surface area contributed by atoms with Crippen LogP contribution in [0.3, 0.4) is 0 Å². The van der Waals surface area contributed by atoms with E-state index in [0.717, 1.165) is 11.3 Å². The van der Waals surface area contributed by atoms with Crippen LogP contribution in [0.15, 0.2) is 67.1 Å². The Morgan fingerprint density at radius 1 is 1.06 bits per heavy atom. The van der Waals surface area contributed by atoms with Gasteiger partial charge in [-0.3, -0.25) is 0 Å². The summed E-state index contributed by atoms with van der Waals surface area (Å²) in [7, 11) is 0. The summed E-state index contributed by atoms with van der Waals surface area (Å²) in [5.74, 6) is 0.238. The molecule has 0 saturated carbocycles. The van der Waals surface area contributed by atoms with E-state index in [4.69, 9.17) is 16.3 Å². The van der Waals surface area contributed by atoms with Crippen LogP contribution in [-0.4, -0.2) is 31.2 Å². The van der Waals surface area contributed by atoms with Crippen molar-refractivity contribution in [3.8, 4) is 34.4 Å². The van der Waals surface area contributed by atoms with Gasteiger partial charge in [0.25, 0.3) is 0 Å². The van der Waals surface area contributed by atoms with Crippen molar-refractivity contribution in [1.82, 2.24) is 19.5 Å². The molecule has 0 saturated heterocycles. The lowest BCUT2D eigenvalue weighted by atomic mass is 10.1. The Hall–Kier alpha value is -3.29. The first-order valence-electron chi connectivity index (χ1n) is 9.75. The normalized spacial score (nSPS) is 12.0. The molecule has 0 fully saturated rings. The van der Waals surface area contributed by atoms with Gasteiger partial charge in [-0.05, 0) is 67.9 Å². The molecule has 0 aliphatic rings. The molecule has 2 aromatic carbocycles. The highest BCUT2D eigenvalue weighted by atomic mass is 35.5. The minimum absolute atomic E-state index is 0.0303. The van der Waals surface area contributed by atoms with Crippen LogP contribution in [0.4, 0.5) is 4.39 Å². The van der Waals surface area contributed by atoms with Gasteiger partial charge in [0.1, 0.15) is 11.6 Å². The molecule has 4 rings (SSSR count). The van der Waals surface area contributed by atoms with Gasteiger partial charge in [0.05, 0.1) is 23.4 Å². The summed E-state index contributed by atoms with van der Waals surface area (Å²) in [5, 5.41) is 10.0. The molecule has 1 N–H and O–H groups in total. The van der Waals surface area contributed by atoms with Gasteiger partial charge in [-0.2, -0.15) is 4.98 Å². The summed E-state index contributed by atoms with van der Waals surface area (Å²) < 4.78 is 21.2. The van der Waals surface area contributed by atoms with E-state index < -0.39 is 0 Å². The monoisotopic (exact) mass is 438 g/mol. The van der Waals surface area contributed by atoms with Crippen molar-refractivity contribution < 1.29 is 14.2 Å². The van der Waals surface area contributed by atoms with Crippen molar-refractivity contribution in [2.75, 3.05) is 6.61 Å². The molecule has 1 unspecified atom stereocenters. The standard InChI is InChI=1S/C23H20ClFN4O2/c1-15(11-13-30)29-14-27-21(16-2-6-18(25)7-3-16)22(29)20-10-12-26-23(28-20)31-19-8-4-17(24)5-9-19/h2-10,12,14-15,30H,11,13H2,1H3. The number of hydrogen-bond donors (Lipinski definition) is 1. The predicted octanol–water partition coefficient (Wildman–Crippen LogP) is 5.54. The van der Waals surface area contributed by atoms with Crippen molar-refractivity contribution in [3.63, 3.8) is 0 Å². The highest BCUT2D eigenvalue weighted by Crippen LogP contribution is 2.34. The molecule has 8 heteroatoms. The largest absolute Gasteiger partial charge is 0.424 e. The molecule has 6 nitrogen and oxygen atoms in total. The maximum atomic E-state index is 13.4. The van der Waals surface area contributed by atoms with Crippen LogP contribution in [-0.2, 0) is 0 Å². The summed E-state index contributed by atoms with van der Waals surface area (Å²) in [5.41, 5.74) is 2.74. The lowest BCUT2D eigenvalue weighted by Gasteiger charge is -2.16. The number of benzene rings is 2. The fraction of sp³-hybridized carbons (Fsp3) is 0.174. The Morgan fingerprint density at radius 3 is 2.52 bits per heavy atom. The Labute approximate surface area is 184 Å². The van der Waals surface area contributed by atoms with Gasteiger partial charge in [0.2, 0.25) is 0 Å². The number of nitrogens with zero attached hydrogens (tertiary/aromatic N) is 4. The second-order valence-electron chi connectivity index (χ2n) is 7.00. The van der Waals surface area contributed by atoms with E-state index in [1.807, 2.05) is 11.5 Å². The molecule has 0 radical (unpaired) electrons. The molecule has 2 aromatic heterocycles. The summed E-state index contributed by atoms with van der Waals surface area (Å²) in [6, 6.07) is 15.0. The topological polar surface area (TPSA) is 73.1 Å². The third-order valence-electron chi connectivity index (χ3n) is 4.83. The number of aliphatic hydroxyl groups is 1. The number of imidazole rings is 1. The van der Waals surface area contributed by atoms with Gasteiger partial charge >= 0.3 is 6.01 Å². The zero-order valence-electron chi connectivity index (χ0n) is 16.7. The first kappa shape index (κ1) is 21.0. The molecule has 0 bridgehead atoms. The number of halogens is 2. The predicted molar refractivity (Wildman–Crippen MR) is 117 cm³/mol. The average Bonchev–Trinajstić information content (AvgIpc) is 3.22. The Balaban J connectivity index is 1.77. The molecular weight excluding hydrogens is 419 g/mol. The fourth-order valence-corrected chi connectivity index (χ4v) is 3.35. The molecule has 1 atom stereocenters. The second kappa shape index (κ2) is 9.24. The number of aliphatic hydroxyl groups excluding tert-OH is 1. The summed E-state index contributed by atoms with van der Waals surface area (Å²) in [6.45, 7) is 2.03. The molecule has 31 heavy (non-hydrogen) atoms. The second-order valence-corrected chi connectivity index (χ2v) is 7.43. The van der Waals surface area contributed by atoms with E-state index in [1.54, 1.807) is 55.0 Å². The summed E-state index contributed by atoms with van der Waals surface area (Å²) in [6.07, 6.45) is 3.86. The van der Waals surface area contributed by atoms with Gasteiger partial charge in [-0.25, -0.2) is 14.4 Å². The van der Waals surface area contributed by atoms with E-state index >= 15 is 0 Å². The van der Waals surface area contributed by atoms with Crippen LogP contribution >= 0.6 is 11.6 Å². The maximum absolute atomic E-state index is 13.4. The average molecular weight is 439 g/mol. The molecule has 0 amide bonds. The fourth-order valence-electron chi connectivity index (χ4n) is 3.22. The van der Waals surface area contributed by atoms with Crippen LogP contribution in [0.1, 0.15) is 19.4 Å². The number of rotatable bonds is 7. The Morgan fingerprint density at radius 2 is 1.81 bits per heavy atom. The minimum atomic E-state index is -0.320. The number of hydrogen-bond acceptors (Lipinski definition) is 5. The zero-order chi connectivity index (χ0) is 21.8. The van der Waals surface area contributed by atoms with Crippen molar-refractivity contribution in [2.45, 2.75) is 19.4 Å². The van der Waals surface area contributed by atoms with E-state index in [1.165, 1.54) is 12.1 Å². The van der Waals surface area contributed by atoms with Crippen molar-refractivity contribution >= 4 is 11.6 Å². The van der Waals surface area contributed by atoms with Gasteiger partial charge in [-0.15, -0.1) is 0 Å². The van der Waals surface area contributed by atoms with Crippen LogP contribution in [0.5, 0.6) is 11.8 Å². The van der Waals surface area contributed by atoms with Crippen LogP contribution in [0.2, 0.25) is 5.02 Å². The summed E-state index contributed by atoms with van der Waals surface area (Å²) in [4.78, 5) is 13.3. The van der Waals surface area contributed by atoms with E-state index in [0.29, 0.717) is 28.6 Å². The third-order valence-corrected chi connectivity index (χ3v) is 5.08. The van der Waals surface area contributed by atoms with Crippen LogP contribution in [0.25, 0.3) is 22.6 Å². The number of aromatic nitrogens is 4. The first-order valence-corrected chi connectivity index (χ1v) is 10.1. The van der Waals surface area contributed by atoms with Gasteiger partial charge < -0.3 is 14.4 Å². The smallest absolute Gasteiger partial charge is 0.322 e. The quantitative estimate of drug-likeness (QED) is 0.410. The summed E-state index contributed by atoms with van der Waals surface area (Å²) >= 11 is 5.93. The van der Waals surface area contributed by atoms with Gasteiger partial charge in [-0.1, -0.05) is 11.6 Å². The molecule has 158 valence electrons. The van der Waals surface area contributed by atoms with E-state index in [9.17, 15) is 9.50 Å². The molecular formula is C23H20ClFN4O2. The van der Waals surface area contributed by atoms with E-state index in [2.05, 4.69) is 15.0 Å². The zero-order valence-corrected chi connectivity index (χ0v) is 17.5. The van der Waals surface area contributed by atoms with Crippen LogP contribution < -0.4 is 4.74 Å². The molecule has 2 heterocycles. The van der Waals surface area contributed by atoms with Crippen molar-refractivity contribution in [1.29, 1.82) is 0 Å². The molecule has 0 spiro atoms. The van der Waals surface area contributed by atoms with Crippen molar-refractivity contribution in [3.05, 3.63) is 78.0 Å². The highest BCUT2D eigenvalue weighted by molar-refractivity contribution is 6.30. The Kier molecular flexibility index (Phi) is 6.25. The third kappa shape index (κ3) is 4.73. The Bertz CT molecular complexity index is 1160.